The molecule has 0 bridgehead atoms. The van der Waals surface area contributed by atoms with Crippen molar-refractivity contribution in [3.05, 3.63) is 23.8 Å². The van der Waals surface area contributed by atoms with Crippen molar-refractivity contribution in [2.75, 3.05) is 26.9 Å². The molecule has 122 valence electrons. The van der Waals surface area contributed by atoms with Gasteiger partial charge in [-0.15, -0.1) is 0 Å². The van der Waals surface area contributed by atoms with E-state index in [0.717, 1.165) is 31.4 Å². The number of nitrogens with zero attached hydrogens (tertiary/aromatic N) is 1. The van der Waals surface area contributed by atoms with Gasteiger partial charge in [-0.2, -0.15) is 4.31 Å². The summed E-state index contributed by atoms with van der Waals surface area (Å²) in [6.45, 7) is 3.84. The summed E-state index contributed by atoms with van der Waals surface area (Å²) >= 11 is 0. The van der Waals surface area contributed by atoms with Gasteiger partial charge in [-0.25, -0.2) is 8.42 Å². The molecule has 1 aliphatic carbocycles. The Hall–Kier alpha value is -1.11. The van der Waals surface area contributed by atoms with Crippen molar-refractivity contribution >= 4 is 10.0 Å². The first-order valence-corrected chi connectivity index (χ1v) is 9.20. The van der Waals surface area contributed by atoms with Crippen LogP contribution in [0, 0.1) is 12.8 Å². The lowest BCUT2D eigenvalue weighted by molar-refractivity contribution is 0.180. The molecule has 1 aliphatic heterocycles. The van der Waals surface area contributed by atoms with Gasteiger partial charge < -0.3 is 9.47 Å². The highest BCUT2D eigenvalue weighted by Gasteiger charge is 2.39. The molecule has 3 rings (SSSR count). The van der Waals surface area contributed by atoms with Crippen LogP contribution in [0.3, 0.4) is 0 Å². The van der Waals surface area contributed by atoms with Gasteiger partial charge in [-0.1, -0.05) is 0 Å². The van der Waals surface area contributed by atoms with Gasteiger partial charge in [0.25, 0.3) is 0 Å². The minimum atomic E-state index is -3.45. The average molecular weight is 325 g/mol. The third-order valence-corrected chi connectivity index (χ3v) is 6.30. The van der Waals surface area contributed by atoms with E-state index in [1.54, 1.807) is 29.6 Å². The molecule has 0 N–H and O–H groups in total. The minimum absolute atomic E-state index is 0.160. The lowest BCUT2D eigenvalue weighted by Crippen LogP contribution is -2.37. The number of aryl methyl sites for hydroxylation is 1. The molecule has 0 radical (unpaired) electrons. The van der Waals surface area contributed by atoms with Crippen LogP contribution in [-0.4, -0.2) is 45.6 Å². The van der Waals surface area contributed by atoms with Crippen LogP contribution in [0.2, 0.25) is 0 Å². The van der Waals surface area contributed by atoms with Crippen molar-refractivity contribution in [3.63, 3.8) is 0 Å². The Morgan fingerprint density at radius 3 is 2.64 bits per heavy atom. The van der Waals surface area contributed by atoms with Gasteiger partial charge in [0.15, 0.2) is 0 Å². The van der Waals surface area contributed by atoms with E-state index in [4.69, 9.17) is 9.47 Å². The van der Waals surface area contributed by atoms with E-state index >= 15 is 0 Å². The van der Waals surface area contributed by atoms with Crippen molar-refractivity contribution in [2.45, 2.75) is 37.1 Å². The second kappa shape index (κ2) is 6.18. The van der Waals surface area contributed by atoms with E-state index in [1.165, 1.54) is 0 Å². The number of sulfonamides is 1. The fraction of sp³-hybridized carbons (Fsp3) is 0.625. The van der Waals surface area contributed by atoms with Gasteiger partial charge in [0.05, 0.1) is 18.6 Å². The summed E-state index contributed by atoms with van der Waals surface area (Å²) in [5, 5.41) is 0. The summed E-state index contributed by atoms with van der Waals surface area (Å²) in [6.07, 6.45) is 2.87. The van der Waals surface area contributed by atoms with Gasteiger partial charge in [0.2, 0.25) is 10.0 Å². The molecule has 0 amide bonds. The summed E-state index contributed by atoms with van der Waals surface area (Å²) in [6, 6.07) is 5.23. The molecule has 5 nitrogen and oxygen atoms in total. The maximum absolute atomic E-state index is 13.0. The van der Waals surface area contributed by atoms with E-state index in [0.29, 0.717) is 29.7 Å². The number of methoxy groups -OCH3 is 1. The molecule has 1 unspecified atom stereocenters. The maximum atomic E-state index is 13.0. The molecule has 2 aliphatic rings. The predicted octanol–water partition coefficient (Wildman–Crippen LogP) is 2.19. The molecule has 0 aromatic heterocycles. The molecule has 1 heterocycles. The summed E-state index contributed by atoms with van der Waals surface area (Å²) in [5.41, 5.74) is 0.837. The van der Waals surface area contributed by atoms with Crippen molar-refractivity contribution in [1.29, 1.82) is 0 Å². The van der Waals surface area contributed by atoms with Crippen molar-refractivity contribution in [2.24, 2.45) is 5.92 Å². The number of ether oxygens (including phenoxy) is 2. The average Bonchev–Trinajstić information content (AvgIpc) is 3.20. The molecular formula is C16H23NO4S. The first kappa shape index (κ1) is 15.8. The van der Waals surface area contributed by atoms with Gasteiger partial charge in [-0.05, 0) is 55.9 Å². The topological polar surface area (TPSA) is 55.8 Å². The third kappa shape index (κ3) is 3.14. The SMILES string of the molecule is COc1ccc(S(=O)(=O)N(CC2CCOC2)C2CC2)cc1C. The number of hydrogen-bond donors (Lipinski definition) is 0. The second-order valence-electron chi connectivity index (χ2n) is 6.17. The van der Waals surface area contributed by atoms with Crippen LogP contribution in [0.1, 0.15) is 24.8 Å². The van der Waals surface area contributed by atoms with Gasteiger partial charge in [0.1, 0.15) is 5.75 Å². The van der Waals surface area contributed by atoms with Gasteiger partial charge >= 0.3 is 0 Å². The monoisotopic (exact) mass is 325 g/mol. The molecule has 1 saturated carbocycles. The van der Waals surface area contributed by atoms with Crippen LogP contribution in [0.15, 0.2) is 23.1 Å². The van der Waals surface area contributed by atoms with Crippen LogP contribution in [0.5, 0.6) is 5.75 Å². The van der Waals surface area contributed by atoms with Gasteiger partial charge in [-0.3, -0.25) is 0 Å². The molecule has 6 heteroatoms. The van der Waals surface area contributed by atoms with E-state index in [1.807, 2.05) is 6.92 Å². The van der Waals surface area contributed by atoms with Crippen LogP contribution in [0.25, 0.3) is 0 Å². The maximum Gasteiger partial charge on any atom is 0.243 e. The Morgan fingerprint density at radius 2 is 2.09 bits per heavy atom. The smallest absolute Gasteiger partial charge is 0.243 e. The van der Waals surface area contributed by atoms with E-state index < -0.39 is 10.0 Å². The zero-order valence-electron chi connectivity index (χ0n) is 13.1. The Bertz CT molecular complexity index is 634. The molecule has 1 saturated heterocycles. The normalized spacial score (nSPS) is 22.2. The summed E-state index contributed by atoms with van der Waals surface area (Å²) in [4.78, 5) is 0.358. The Balaban J connectivity index is 1.86. The second-order valence-corrected chi connectivity index (χ2v) is 8.06. The van der Waals surface area contributed by atoms with E-state index in [9.17, 15) is 8.42 Å². The number of rotatable bonds is 6. The van der Waals surface area contributed by atoms with E-state index in [2.05, 4.69) is 0 Å². The summed E-state index contributed by atoms with van der Waals surface area (Å²) < 4.78 is 38.3. The fourth-order valence-corrected chi connectivity index (χ4v) is 4.78. The fourth-order valence-electron chi connectivity index (χ4n) is 2.93. The number of hydrogen-bond acceptors (Lipinski definition) is 4. The summed E-state index contributed by atoms with van der Waals surface area (Å²) in [7, 11) is -1.86. The molecule has 1 atom stereocenters. The lowest BCUT2D eigenvalue weighted by Gasteiger charge is -2.24. The van der Waals surface area contributed by atoms with Crippen molar-refractivity contribution < 1.29 is 17.9 Å². The van der Waals surface area contributed by atoms with E-state index in [-0.39, 0.29) is 6.04 Å². The Kier molecular flexibility index (Phi) is 4.43. The van der Waals surface area contributed by atoms with Crippen LogP contribution in [0.4, 0.5) is 0 Å². The zero-order valence-corrected chi connectivity index (χ0v) is 13.9. The van der Waals surface area contributed by atoms with Crippen molar-refractivity contribution in [1.82, 2.24) is 4.31 Å². The minimum Gasteiger partial charge on any atom is -0.496 e. The largest absolute Gasteiger partial charge is 0.496 e. The highest BCUT2D eigenvalue weighted by Crippen LogP contribution is 2.34. The standard InChI is InChI=1S/C16H23NO4S/c1-12-9-15(5-6-16(12)20-2)22(18,19)17(14-3-4-14)10-13-7-8-21-11-13/h5-6,9,13-14H,3-4,7-8,10-11H2,1-2H3. The number of benzene rings is 1. The lowest BCUT2D eigenvalue weighted by atomic mass is 10.1. The highest BCUT2D eigenvalue weighted by atomic mass is 32.2. The van der Waals surface area contributed by atoms with Crippen molar-refractivity contribution in [3.8, 4) is 5.75 Å². The van der Waals surface area contributed by atoms with Crippen LogP contribution in [-0.2, 0) is 14.8 Å². The predicted molar refractivity (Wildman–Crippen MR) is 83.6 cm³/mol. The zero-order chi connectivity index (χ0) is 15.7. The van der Waals surface area contributed by atoms with Crippen LogP contribution < -0.4 is 4.74 Å². The molecule has 1 aromatic carbocycles. The van der Waals surface area contributed by atoms with Gasteiger partial charge in [0, 0.05) is 19.2 Å². The third-order valence-electron chi connectivity index (χ3n) is 4.39. The molecular weight excluding hydrogens is 302 g/mol. The Morgan fingerprint density at radius 1 is 1.32 bits per heavy atom. The Labute approximate surface area is 132 Å². The first-order valence-electron chi connectivity index (χ1n) is 7.76. The highest BCUT2D eigenvalue weighted by molar-refractivity contribution is 7.89. The first-order chi connectivity index (χ1) is 10.5. The quantitative estimate of drug-likeness (QED) is 0.804. The van der Waals surface area contributed by atoms with Crippen LogP contribution >= 0.6 is 0 Å². The molecule has 0 spiro atoms. The molecule has 1 aromatic rings. The molecule has 2 fully saturated rings. The summed E-state index contributed by atoms with van der Waals surface area (Å²) in [5.74, 6) is 1.02. The molecule has 22 heavy (non-hydrogen) atoms.